The molecule has 2 N–H and O–H groups in total. The number of amides is 1. The molecule has 0 heterocycles. The molecule has 1 amide bonds. The van der Waals surface area contributed by atoms with E-state index in [1.54, 1.807) is 45.4 Å². The molecule has 27 heavy (non-hydrogen) atoms. The van der Waals surface area contributed by atoms with E-state index in [4.69, 9.17) is 9.47 Å². The average molecular weight is 392 g/mol. The van der Waals surface area contributed by atoms with Crippen molar-refractivity contribution in [2.75, 3.05) is 25.2 Å². The number of benzene rings is 2. The highest BCUT2D eigenvalue weighted by atomic mass is 32.2. The van der Waals surface area contributed by atoms with Crippen molar-refractivity contribution >= 4 is 21.6 Å². The van der Waals surface area contributed by atoms with E-state index in [-0.39, 0.29) is 11.9 Å². The smallest absolute Gasteiger partial charge is 0.251 e. The summed E-state index contributed by atoms with van der Waals surface area (Å²) in [5.74, 6) is 0.870. The van der Waals surface area contributed by atoms with Gasteiger partial charge in [-0.2, -0.15) is 0 Å². The van der Waals surface area contributed by atoms with Crippen LogP contribution in [0.4, 0.5) is 5.69 Å². The van der Waals surface area contributed by atoms with E-state index in [0.717, 1.165) is 17.4 Å². The fourth-order valence-electron chi connectivity index (χ4n) is 2.56. The van der Waals surface area contributed by atoms with Crippen LogP contribution < -0.4 is 19.5 Å². The molecule has 0 radical (unpaired) electrons. The highest BCUT2D eigenvalue weighted by Gasteiger charge is 2.15. The van der Waals surface area contributed by atoms with Crippen molar-refractivity contribution in [2.24, 2.45) is 0 Å². The topological polar surface area (TPSA) is 93.7 Å². The number of aryl methyl sites for hydroxylation is 1. The van der Waals surface area contributed by atoms with Gasteiger partial charge >= 0.3 is 0 Å². The number of ether oxygens (including phenoxy) is 2. The normalized spacial score (nSPS) is 12.2. The second kappa shape index (κ2) is 8.30. The van der Waals surface area contributed by atoms with E-state index in [9.17, 15) is 13.2 Å². The zero-order valence-corrected chi connectivity index (χ0v) is 16.8. The van der Waals surface area contributed by atoms with Gasteiger partial charge in [-0.3, -0.25) is 9.52 Å². The number of rotatable bonds is 7. The van der Waals surface area contributed by atoms with E-state index in [2.05, 4.69) is 10.0 Å². The Hall–Kier alpha value is -2.74. The zero-order chi connectivity index (χ0) is 20.2. The summed E-state index contributed by atoms with van der Waals surface area (Å²) >= 11 is 0. The van der Waals surface area contributed by atoms with Gasteiger partial charge in [-0.25, -0.2) is 8.42 Å². The number of carbonyl (C=O) groups is 1. The van der Waals surface area contributed by atoms with Gasteiger partial charge in [-0.1, -0.05) is 12.1 Å². The van der Waals surface area contributed by atoms with Crippen LogP contribution in [0.2, 0.25) is 0 Å². The summed E-state index contributed by atoms with van der Waals surface area (Å²) in [6.45, 7) is 3.62. The first kappa shape index (κ1) is 20.6. The Kier molecular flexibility index (Phi) is 6.32. The minimum absolute atomic E-state index is 0.287. The molecule has 7 nitrogen and oxygen atoms in total. The summed E-state index contributed by atoms with van der Waals surface area (Å²) in [5.41, 5.74) is 2.32. The molecule has 0 aliphatic carbocycles. The maximum absolute atomic E-state index is 12.6. The molecule has 0 aliphatic heterocycles. The van der Waals surface area contributed by atoms with Crippen LogP contribution in [0.1, 0.15) is 34.5 Å². The van der Waals surface area contributed by atoms with Crippen LogP contribution in [0.3, 0.4) is 0 Å². The van der Waals surface area contributed by atoms with Gasteiger partial charge in [0.05, 0.1) is 32.2 Å². The summed E-state index contributed by atoms with van der Waals surface area (Å²) < 4.78 is 35.9. The molecule has 0 aliphatic rings. The second-order valence-corrected chi connectivity index (χ2v) is 7.96. The molecule has 0 bridgehead atoms. The van der Waals surface area contributed by atoms with Gasteiger partial charge in [0.2, 0.25) is 10.0 Å². The molecule has 0 saturated heterocycles. The zero-order valence-electron chi connectivity index (χ0n) is 16.0. The Morgan fingerprint density at radius 3 is 2.30 bits per heavy atom. The first-order valence-electron chi connectivity index (χ1n) is 8.26. The number of sulfonamides is 1. The minimum Gasteiger partial charge on any atom is -0.493 e. The summed E-state index contributed by atoms with van der Waals surface area (Å²) in [6.07, 6.45) is 1.07. The van der Waals surface area contributed by atoms with Crippen molar-refractivity contribution in [3.8, 4) is 11.5 Å². The standard InChI is InChI=1S/C19H24N2O5S/c1-12-6-7-15(10-16(12)21-27(5,23)24)19(22)20-13(2)14-8-9-17(25-3)18(11-14)26-4/h6-11,13,21H,1-5H3,(H,20,22)/t13-/m0/s1. The lowest BCUT2D eigenvalue weighted by Gasteiger charge is -2.17. The van der Waals surface area contributed by atoms with E-state index in [1.807, 2.05) is 13.0 Å². The number of methoxy groups -OCH3 is 2. The summed E-state index contributed by atoms with van der Waals surface area (Å²) in [6, 6.07) is 10.0. The fourth-order valence-corrected chi connectivity index (χ4v) is 3.18. The van der Waals surface area contributed by atoms with Gasteiger partial charge in [-0.05, 0) is 49.2 Å². The molecular weight excluding hydrogens is 368 g/mol. The van der Waals surface area contributed by atoms with Crippen LogP contribution in [0, 0.1) is 6.92 Å². The van der Waals surface area contributed by atoms with Gasteiger partial charge in [0.25, 0.3) is 5.91 Å². The van der Waals surface area contributed by atoms with Crippen molar-refractivity contribution in [1.82, 2.24) is 5.32 Å². The quantitative estimate of drug-likeness (QED) is 0.756. The van der Waals surface area contributed by atoms with Crippen LogP contribution in [0.25, 0.3) is 0 Å². The first-order valence-corrected chi connectivity index (χ1v) is 10.1. The van der Waals surface area contributed by atoms with Crippen molar-refractivity contribution in [1.29, 1.82) is 0 Å². The van der Waals surface area contributed by atoms with Crippen LogP contribution >= 0.6 is 0 Å². The molecule has 0 saturated carbocycles. The maximum atomic E-state index is 12.6. The highest BCUT2D eigenvalue weighted by molar-refractivity contribution is 7.92. The molecule has 0 fully saturated rings. The van der Waals surface area contributed by atoms with Gasteiger partial charge < -0.3 is 14.8 Å². The van der Waals surface area contributed by atoms with Gasteiger partial charge in [0.1, 0.15) is 0 Å². The molecular formula is C19H24N2O5S. The van der Waals surface area contributed by atoms with Gasteiger partial charge in [-0.15, -0.1) is 0 Å². The van der Waals surface area contributed by atoms with Crippen LogP contribution in [0.5, 0.6) is 11.5 Å². The molecule has 0 spiro atoms. The van der Waals surface area contributed by atoms with E-state index >= 15 is 0 Å². The van der Waals surface area contributed by atoms with Crippen molar-refractivity contribution in [3.05, 3.63) is 53.1 Å². The predicted octanol–water partition coefficient (Wildman–Crippen LogP) is 2.87. The lowest BCUT2D eigenvalue weighted by Crippen LogP contribution is -2.26. The average Bonchev–Trinajstić information content (AvgIpc) is 2.61. The Morgan fingerprint density at radius 1 is 1.04 bits per heavy atom. The van der Waals surface area contributed by atoms with Crippen LogP contribution in [-0.2, 0) is 10.0 Å². The lowest BCUT2D eigenvalue weighted by molar-refractivity contribution is 0.0940. The van der Waals surface area contributed by atoms with Crippen molar-refractivity contribution in [2.45, 2.75) is 19.9 Å². The summed E-state index contributed by atoms with van der Waals surface area (Å²) in [5, 5.41) is 2.90. The summed E-state index contributed by atoms with van der Waals surface area (Å²) in [7, 11) is -0.323. The van der Waals surface area contributed by atoms with Gasteiger partial charge in [0.15, 0.2) is 11.5 Å². The Labute approximate surface area is 159 Å². The lowest BCUT2D eigenvalue weighted by atomic mass is 10.1. The third-order valence-electron chi connectivity index (χ3n) is 4.05. The maximum Gasteiger partial charge on any atom is 0.251 e. The molecule has 0 aromatic heterocycles. The number of anilines is 1. The molecule has 2 rings (SSSR count). The molecule has 2 aromatic rings. The summed E-state index contributed by atoms with van der Waals surface area (Å²) in [4.78, 5) is 12.6. The fraction of sp³-hybridized carbons (Fsp3) is 0.316. The van der Waals surface area contributed by atoms with Gasteiger partial charge in [0, 0.05) is 5.56 Å². The SMILES string of the molecule is COc1ccc([C@H](C)NC(=O)c2ccc(C)c(NS(C)(=O)=O)c2)cc1OC. The molecule has 8 heteroatoms. The first-order chi connectivity index (χ1) is 12.6. The number of nitrogens with one attached hydrogen (secondary N) is 2. The van der Waals surface area contributed by atoms with E-state index in [1.165, 1.54) is 6.07 Å². The van der Waals surface area contributed by atoms with Crippen LogP contribution in [-0.4, -0.2) is 34.8 Å². The molecule has 146 valence electrons. The monoisotopic (exact) mass is 392 g/mol. The van der Waals surface area contributed by atoms with E-state index in [0.29, 0.717) is 22.7 Å². The molecule has 1 atom stereocenters. The largest absolute Gasteiger partial charge is 0.493 e. The number of hydrogen-bond acceptors (Lipinski definition) is 5. The predicted molar refractivity (Wildman–Crippen MR) is 105 cm³/mol. The molecule has 2 aromatic carbocycles. The Bertz CT molecular complexity index is 941. The van der Waals surface area contributed by atoms with E-state index < -0.39 is 10.0 Å². The third-order valence-corrected chi connectivity index (χ3v) is 4.64. The number of carbonyl (C=O) groups excluding carboxylic acids is 1. The second-order valence-electron chi connectivity index (χ2n) is 6.21. The molecule has 0 unspecified atom stereocenters. The Morgan fingerprint density at radius 2 is 1.70 bits per heavy atom. The minimum atomic E-state index is -3.43. The van der Waals surface area contributed by atoms with Crippen molar-refractivity contribution in [3.63, 3.8) is 0 Å². The number of hydrogen-bond donors (Lipinski definition) is 2. The third kappa shape index (κ3) is 5.37. The Balaban J connectivity index is 2.20. The van der Waals surface area contributed by atoms with Crippen molar-refractivity contribution < 1.29 is 22.7 Å². The van der Waals surface area contributed by atoms with Crippen LogP contribution in [0.15, 0.2) is 36.4 Å². The highest BCUT2D eigenvalue weighted by Crippen LogP contribution is 2.30.